The molecule has 0 saturated carbocycles. The summed E-state index contributed by atoms with van der Waals surface area (Å²) in [5.74, 6) is 0.551. The van der Waals surface area contributed by atoms with E-state index in [-0.39, 0.29) is 11.8 Å². The van der Waals surface area contributed by atoms with Crippen LogP contribution in [0.1, 0.15) is 23.1 Å². The van der Waals surface area contributed by atoms with Crippen molar-refractivity contribution in [3.8, 4) is 0 Å². The molecule has 8 nitrogen and oxygen atoms in total. The largest absolute Gasteiger partial charge is 0.379 e. The lowest BCUT2D eigenvalue weighted by Gasteiger charge is -2.29. The maximum Gasteiger partial charge on any atom is 0.246 e. The predicted molar refractivity (Wildman–Crippen MR) is 140 cm³/mol. The van der Waals surface area contributed by atoms with Gasteiger partial charge in [-0.3, -0.25) is 19.4 Å². The van der Waals surface area contributed by atoms with Gasteiger partial charge in [0, 0.05) is 63.6 Å². The zero-order chi connectivity index (χ0) is 24.7. The average Bonchev–Trinajstić information content (AvgIpc) is 3.09. The molecule has 5 rings (SSSR count). The van der Waals surface area contributed by atoms with E-state index in [0.29, 0.717) is 32.0 Å². The molecule has 2 amide bonds. The van der Waals surface area contributed by atoms with Crippen molar-refractivity contribution in [2.45, 2.75) is 13.0 Å². The van der Waals surface area contributed by atoms with Gasteiger partial charge in [-0.25, -0.2) is 4.98 Å². The highest BCUT2D eigenvalue weighted by Crippen LogP contribution is 2.23. The first-order valence-corrected chi connectivity index (χ1v) is 12.7. The number of carbonyl (C=O) groups is 2. The van der Waals surface area contributed by atoms with Crippen LogP contribution in [0.5, 0.6) is 0 Å². The number of pyridine rings is 1. The van der Waals surface area contributed by atoms with Crippen molar-refractivity contribution in [1.29, 1.82) is 0 Å². The van der Waals surface area contributed by atoms with Crippen LogP contribution in [0.3, 0.4) is 0 Å². The Labute approximate surface area is 212 Å². The van der Waals surface area contributed by atoms with Gasteiger partial charge in [0.25, 0.3) is 0 Å². The van der Waals surface area contributed by atoms with E-state index in [2.05, 4.69) is 38.3 Å². The van der Waals surface area contributed by atoms with Gasteiger partial charge >= 0.3 is 0 Å². The van der Waals surface area contributed by atoms with Crippen molar-refractivity contribution in [3.05, 3.63) is 71.4 Å². The molecular formula is C28H33N5O3. The third kappa shape index (κ3) is 6.26. The zero-order valence-corrected chi connectivity index (χ0v) is 20.6. The van der Waals surface area contributed by atoms with Crippen molar-refractivity contribution in [2.75, 3.05) is 64.3 Å². The molecule has 0 radical (unpaired) electrons. The van der Waals surface area contributed by atoms with Crippen LogP contribution < -0.4 is 5.32 Å². The van der Waals surface area contributed by atoms with E-state index < -0.39 is 0 Å². The number of aromatic nitrogens is 1. The lowest BCUT2D eigenvalue weighted by atomic mass is 9.99. The fourth-order valence-electron chi connectivity index (χ4n) is 4.85. The molecule has 1 fully saturated rings. The Balaban J connectivity index is 1.20. The number of nitrogens with one attached hydrogen (secondary N) is 1. The Kier molecular flexibility index (Phi) is 7.85. The van der Waals surface area contributed by atoms with E-state index >= 15 is 0 Å². The molecule has 1 aromatic heterocycles. The summed E-state index contributed by atoms with van der Waals surface area (Å²) >= 11 is 0. The molecular weight excluding hydrogens is 454 g/mol. The van der Waals surface area contributed by atoms with Gasteiger partial charge in [-0.15, -0.1) is 0 Å². The van der Waals surface area contributed by atoms with Gasteiger partial charge in [0.2, 0.25) is 11.8 Å². The predicted octanol–water partition coefficient (Wildman–Crippen LogP) is 2.50. The lowest BCUT2D eigenvalue weighted by molar-refractivity contribution is -0.125. The quantitative estimate of drug-likeness (QED) is 0.631. The Morgan fingerprint density at radius 2 is 1.86 bits per heavy atom. The average molecular weight is 488 g/mol. The van der Waals surface area contributed by atoms with E-state index in [1.54, 1.807) is 12.3 Å². The van der Waals surface area contributed by atoms with Gasteiger partial charge in [0.1, 0.15) is 5.82 Å². The van der Waals surface area contributed by atoms with E-state index in [4.69, 9.17) is 4.74 Å². The SMILES string of the molecule is O=C1CN(CCN2CCOCC2)Cc2cc(C=CC(=O)N3CC=C(c4ccccc4)CC3)cnc2N1. The summed E-state index contributed by atoms with van der Waals surface area (Å²) in [6.45, 7) is 7.41. The number of hydrogen-bond donors (Lipinski definition) is 1. The summed E-state index contributed by atoms with van der Waals surface area (Å²) in [4.78, 5) is 36.1. The number of rotatable bonds is 6. The number of fused-ring (bicyclic) bond motifs is 1. The zero-order valence-electron chi connectivity index (χ0n) is 20.6. The molecule has 188 valence electrons. The van der Waals surface area contributed by atoms with Crippen LogP contribution in [-0.2, 0) is 20.9 Å². The van der Waals surface area contributed by atoms with Crippen molar-refractivity contribution in [2.24, 2.45) is 0 Å². The van der Waals surface area contributed by atoms with Crippen molar-refractivity contribution in [3.63, 3.8) is 0 Å². The summed E-state index contributed by atoms with van der Waals surface area (Å²) in [6.07, 6.45) is 8.13. The third-order valence-corrected chi connectivity index (χ3v) is 6.93. The third-order valence-electron chi connectivity index (χ3n) is 6.93. The summed E-state index contributed by atoms with van der Waals surface area (Å²) in [7, 11) is 0. The second kappa shape index (κ2) is 11.6. The minimum Gasteiger partial charge on any atom is -0.379 e. The van der Waals surface area contributed by atoms with Crippen LogP contribution in [0.2, 0.25) is 0 Å². The van der Waals surface area contributed by atoms with Crippen LogP contribution in [-0.4, -0.2) is 90.5 Å². The Morgan fingerprint density at radius 3 is 2.64 bits per heavy atom. The van der Waals surface area contributed by atoms with Gasteiger partial charge in [-0.1, -0.05) is 36.4 Å². The van der Waals surface area contributed by atoms with E-state index in [1.807, 2.05) is 35.2 Å². The standard InChI is InChI=1S/C28H33N5O3/c34-26-21-32(13-12-31-14-16-36-17-15-31)20-25-18-22(19-29-28(25)30-26)6-7-27(35)33-10-8-24(9-11-33)23-4-2-1-3-5-23/h1-8,18-19H,9-17,20-21H2,(H,29,30,34). The van der Waals surface area contributed by atoms with Gasteiger partial charge in [-0.2, -0.15) is 0 Å². The fraction of sp³-hybridized carbons (Fsp3) is 0.393. The minimum atomic E-state index is -0.0466. The summed E-state index contributed by atoms with van der Waals surface area (Å²) in [5.41, 5.74) is 4.33. The van der Waals surface area contributed by atoms with Gasteiger partial charge in [0.05, 0.1) is 19.8 Å². The van der Waals surface area contributed by atoms with Crippen molar-refractivity contribution < 1.29 is 14.3 Å². The monoisotopic (exact) mass is 487 g/mol. The first kappa shape index (κ1) is 24.4. The number of morpholine rings is 1. The molecule has 1 saturated heterocycles. The molecule has 0 unspecified atom stereocenters. The fourth-order valence-corrected chi connectivity index (χ4v) is 4.85. The van der Waals surface area contributed by atoms with Crippen LogP contribution in [0, 0.1) is 0 Å². The molecule has 36 heavy (non-hydrogen) atoms. The van der Waals surface area contributed by atoms with Crippen LogP contribution in [0.4, 0.5) is 5.82 Å². The Bertz CT molecular complexity index is 1140. The number of nitrogens with zero attached hydrogens (tertiary/aromatic N) is 4. The van der Waals surface area contributed by atoms with Gasteiger partial charge in [-0.05, 0) is 35.3 Å². The first-order valence-electron chi connectivity index (χ1n) is 12.7. The highest BCUT2D eigenvalue weighted by molar-refractivity contribution is 5.94. The molecule has 0 atom stereocenters. The molecule has 4 heterocycles. The summed E-state index contributed by atoms with van der Waals surface area (Å²) in [6, 6.07) is 12.3. The van der Waals surface area contributed by atoms with E-state index in [9.17, 15) is 9.59 Å². The number of carbonyl (C=O) groups excluding carboxylic acids is 2. The molecule has 3 aliphatic rings. The molecule has 1 N–H and O–H groups in total. The number of benzene rings is 1. The summed E-state index contributed by atoms with van der Waals surface area (Å²) < 4.78 is 5.43. The number of hydrogen-bond acceptors (Lipinski definition) is 6. The normalized spacial score (nSPS) is 19.5. The second-order valence-corrected chi connectivity index (χ2v) is 9.45. The van der Waals surface area contributed by atoms with Crippen LogP contribution in [0.15, 0.2) is 54.7 Å². The number of anilines is 1. The maximum atomic E-state index is 12.8. The molecule has 0 aliphatic carbocycles. The van der Waals surface area contributed by atoms with Crippen LogP contribution >= 0.6 is 0 Å². The van der Waals surface area contributed by atoms with Gasteiger partial charge < -0.3 is 15.0 Å². The Hall–Kier alpha value is -3.33. The molecule has 2 aromatic rings. The van der Waals surface area contributed by atoms with Crippen molar-refractivity contribution >= 4 is 29.3 Å². The topological polar surface area (TPSA) is 78.0 Å². The smallest absolute Gasteiger partial charge is 0.246 e. The maximum absolute atomic E-state index is 12.8. The molecule has 3 aliphatic heterocycles. The molecule has 8 heteroatoms. The van der Waals surface area contributed by atoms with Gasteiger partial charge in [0.15, 0.2) is 0 Å². The van der Waals surface area contributed by atoms with E-state index in [1.165, 1.54) is 11.1 Å². The highest BCUT2D eigenvalue weighted by Gasteiger charge is 2.22. The van der Waals surface area contributed by atoms with Crippen molar-refractivity contribution in [1.82, 2.24) is 19.7 Å². The Morgan fingerprint density at radius 1 is 1.06 bits per heavy atom. The number of amides is 2. The first-order chi connectivity index (χ1) is 17.6. The number of ether oxygens (including phenoxy) is 1. The second-order valence-electron chi connectivity index (χ2n) is 9.45. The minimum absolute atomic E-state index is 0.00579. The summed E-state index contributed by atoms with van der Waals surface area (Å²) in [5, 5.41) is 2.92. The highest BCUT2D eigenvalue weighted by atomic mass is 16.5. The molecule has 0 bridgehead atoms. The molecule has 0 spiro atoms. The van der Waals surface area contributed by atoms with Crippen LogP contribution in [0.25, 0.3) is 11.6 Å². The molecule has 1 aromatic carbocycles. The van der Waals surface area contributed by atoms with E-state index in [0.717, 1.165) is 56.9 Å². The lowest BCUT2D eigenvalue weighted by Crippen LogP contribution is -2.42.